The van der Waals surface area contributed by atoms with Crippen LogP contribution in [0.1, 0.15) is 62.6 Å². The third-order valence-electron chi connectivity index (χ3n) is 4.51. The van der Waals surface area contributed by atoms with Gasteiger partial charge in [0.25, 0.3) is 0 Å². The van der Waals surface area contributed by atoms with Crippen molar-refractivity contribution in [2.75, 3.05) is 0 Å². The van der Waals surface area contributed by atoms with E-state index in [1.165, 1.54) is 44.9 Å². The second-order valence-corrected chi connectivity index (χ2v) is 5.52. The number of aromatic nitrogens is 2. The number of aliphatic hydroxyl groups is 1. The maximum absolute atomic E-state index is 8.95. The van der Waals surface area contributed by atoms with E-state index in [9.17, 15) is 0 Å². The molecule has 1 aromatic rings. The van der Waals surface area contributed by atoms with Gasteiger partial charge in [0, 0.05) is 5.92 Å². The first-order valence-electron chi connectivity index (χ1n) is 6.80. The molecule has 2 fully saturated rings. The first kappa shape index (κ1) is 11.2. The van der Waals surface area contributed by atoms with Crippen molar-refractivity contribution in [3.05, 3.63) is 11.7 Å². The summed E-state index contributed by atoms with van der Waals surface area (Å²) in [7, 11) is 0. The molecule has 1 aromatic heterocycles. The number of nitrogens with zero attached hydrogens (tertiary/aromatic N) is 2. The third kappa shape index (κ3) is 2.23. The van der Waals surface area contributed by atoms with Crippen molar-refractivity contribution in [1.82, 2.24) is 10.1 Å². The molecule has 0 aliphatic heterocycles. The van der Waals surface area contributed by atoms with Crippen LogP contribution >= 0.6 is 0 Å². The fourth-order valence-electron chi connectivity index (χ4n) is 3.60. The molecule has 0 aromatic carbocycles. The van der Waals surface area contributed by atoms with Gasteiger partial charge in [0.05, 0.1) is 0 Å². The molecule has 1 N–H and O–H groups in total. The lowest BCUT2D eigenvalue weighted by atomic mass is 9.67. The van der Waals surface area contributed by atoms with E-state index in [2.05, 4.69) is 10.1 Å². The second-order valence-electron chi connectivity index (χ2n) is 5.52. The van der Waals surface area contributed by atoms with Gasteiger partial charge in [-0.25, -0.2) is 0 Å². The molecule has 17 heavy (non-hydrogen) atoms. The Morgan fingerprint density at radius 3 is 2.71 bits per heavy atom. The highest BCUT2D eigenvalue weighted by atomic mass is 16.5. The van der Waals surface area contributed by atoms with Crippen LogP contribution in [0.2, 0.25) is 0 Å². The van der Waals surface area contributed by atoms with E-state index in [0.29, 0.717) is 11.7 Å². The zero-order chi connectivity index (χ0) is 11.7. The number of fused-ring (bicyclic) bond motifs is 1. The van der Waals surface area contributed by atoms with Crippen LogP contribution in [0.15, 0.2) is 4.52 Å². The summed E-state index contributed by atoms with van der Waals surface area (Å²) in [4.78, 5) is 4.26. The van der Waals surface area contributed by atoms with Gasteiger partial charge >= 0.3 is 0 Å². The topological polar surface area (TPSA) is 59.2 Å². The average molecular weight is 236 g/mol. The molecule has 3 rings (SSSR count). The number of hydrogen-bond acceptors (Lipinski definition) is 4. The van der Waals surface area contributed by atoms with Gasteiger partial charge in [0.1, 0.15) is 6.61 Å². The van der Waals surface area contributed by atoms with Gasteiger partial charge in [-0.15, -0.1) is 0 Å². The first-order chi connectivity index (χ1) is 8.36. The Labute approximate surface area is 101 Å². The fraction of sp³-hybridized carbons (Fsp3) is 0.846. The Balaban J connectivity index is 1.68. The van der Waals surface area contributed by atoms with E-state index in [1.54, 1.807) is 0 Å². The van der Waals surface area contributed by atoms with Gasteiger partial charge in [-0.3, -0.25) is 0 Å². The SMILES string of the molecule is OCc1noc(C2CCC3CCCCC3C2)n1. The standard InChI is InChI=1S/C13H20N2O2/c16-8-12-14-13(17-15-12)11-6-5-9-3-1-2-4-10(9)7-11/h9-11,16H,1-8H2. The molecule has 1 heterocycles. The minimum atomic E-state index is -0.123. The molecule has 0 amide bonds. The van der Waals surface area contributed by atoms with E-state index in [1.807, 2.05) is 0 Å². The summed E-state index contributed by atoms with van der Waals surface area (Å²) in [5.41, 5.74) is 0. The minimum Gasteiger partial charge on any atom is -0.388 e. The Morgan fingerprint density at radius 1 is 1.12 bits per heavy atom. The summed E-state index contributed by atoms with van der Waals surface area (Å²) < 4.78 is 5.25. The molecular formula is C13H20N2O2. The van der Waals surface area contributed by atoms with E-state index in [0.717, 1.165) is 17.7 Å². The molecule has 2 aliphatic carbocycles. The number of aliphatic hydroxyl groups excluding tert-OH is 1. The maximum atomic E-state index is 8.95. The summed E-state index contributed by atoms with van der Waals surface area (Å²) >= 11 is 0. The van der Waals surface area contributed by atoms with Crippen LogP contribution in [0.3, 0.4) is 0 Å². The monoisotopic (exact) mass is 236 g/mol. The van der Waals surface area contributed by atoms with Crippen LogP contribution in [0.5, 0.6) is 0 Å². The van der Waals surface area contributed by atoms with Crippen LogP contribution in [-0.4, -0.2) is 15.2 Å². The molecule has 2 saturated carbocycles. The lowest BCUT2D eigenvalue weighted by molar-refractivity contribution is 0.142. The van der Waals surface area contributed by atoms with Crippen molar-refractivity contribution in [2.24, 2.45) is 11.8 Å². The van der Waals surface area contributed by atoms with Gasteiger partial charge in [0.15, 0.2) is 5.82 Å². The summed E-state index contributed by atoms with van der Waals surface area (Å²) in [5, 5.41) is 12.7. The molecule has 0 radical (unpaired) electrons. The molecule has 3 unspecified atom stereocenters. The van der Waals surface area contributed by atoms with E-state index in [-0.39, 0.29) is 6.61 Å². The van der Waals surface area contributed by atoms with E-state index in [4.69, 9.17) is 9.63 Å². The first-order valence-corrected chi connectivity index (χ1v) is 6.80. The second kappa shape index (κ2) is 4.77. The molecular weight excluding hydrogens is 216 g/mol. The molecule has 0 saturated heterocycles. The molecule has 3 atom stereocenters. The summed E-state index contributed by atoms with van der Waals surface area (Å²) in [6, 6.07) is 0. The van der Waals surface area contributed by atoms with Crippen LogP contribution in [0, 0.1) is 11.8 Å². The van der Waals surface area contributed by atoms with E-state index >= 15 is 0 Å². The minimum absolute atomic E-state index is 0.123. The maximum Gasteiger partial charge on any atom is 0.229 e. The molecule has 4 heteroatoms. The summed E-state index contributed by atoms with van der Waals surface area (Å²) in [6.07, 6.45) is 9.30. The highest BCUT2D eigenvalue weighted by Gasteiger charge is 2.34. The summed E-state index contributed by atoms with van der Waals surface area (Å²) in [6.45, 7) is -0.123. The van der Waals surface area contributed by atoms with E-state index < -0.39 is 0 Å². The van der Waals surface area contributed by atoms with Crippen molar-refractivity contribution in [3.63, 3.8) is 0 Å². The van der Waals surface area contributed by atoms with Gasteiger partial charge in [-0.2, -0.15) is 4.98 Å². The summed E-state index contributed by atoms with van der Waals surface area (Å²) in [5.74, 6) is 3.42. The Bertz CT molecular complexity index is 377. The van der Waals surface area contributed by atoms with Gasteiger partial charge in [-0.05, 0) is 31.1 Å². The predicted molar refractivity (Wildman–Crippen MR) is 62.3 cm³/mol. The van der Waals surface area contributed by atoms with Crippen molar-refractivity contribution >= 4 is 0 Å². The quantitative estimate of drug-likeness (QED) is 0.857. The van der Waals surface area contributed by atoms with Crippen molar-refractivity contribution < 1.29 is 9.63 Å². The average Bonchev–Trinajstić information content (AvgIpc) is 2.87. The normalized spacial score (nSPS) is 33.4. The van der Waals surface area contributed by atoms with Crippen molar-refractivity contribution in [2.45, 2.75) is 57.5 Å². The van der Waals surface area contributed by atoms with Crippen molar-refractivity contribution in [1.29, 1.82) is 0 Å². The third-order valence-corrected chi connectivity index (χ3v) is 4.51. The van der Waals surface area contributed by atoms with Gasteiger partial charge in [0.2, 0.25) is 5.89 Å². The van der Waals surface area contributed by atoms with Crippen molar-refractivity contribution in [3.8, 4) is 0 Å². The smallest absolute Gasteiger partial charge is 0.229 e. The molecule has 4 nitrogen and oxygen atoms in total. The molecule has 94 valence electrons. The van der Waals surface area contributed by atoms with Gasteiger partial charge in [-0.1, -0.05) is 30.8 Å². The predicted octanol–water partition coefficient (Wildman–Crippen LogP) is 2.64. The molecule has 0 spiro atoms. The lowest BCUT2D eigenvalue weighted by Gasteiger charge is -2.38. The highest BCUT2D eigenvalue weighted by molar-refractivity contribution is 4.98. The fourth-order valence-corrected chi connectivity index (χ4v) is 3.60. The largest absolute Gasteiger partial charge is 0.388 e. The molecule has 0 bridgehead atoms. The lowest BCUT2D eigenvalue weighted by Crippen LogP contribution is -2.26. The van der Waals surface area contributed by atoms with Crippen LogP contribution in [-0.2, 0) is 6.61 Å². The van der Waals surface area contributed by atoms with Gasteiger partial charge < -0.3 is 9.63 Å². The van der Waals surface area contributed by atoms with Crippen LogP contribution in [0.25, 0.3) is 0 Å². The molecule has 2 aliphatic rings. The Hall–Kier alpha value is -0.900. The Kier molecular flexibility index (Phi) is 3.14. The Morgan fingerprint density at radius 2 is 1.94 bits per heavy atom. The number of rotatable bonds is 2. The number of hydrogen-bond donors (Lipinski definition) is 1. The zero-order valence-electron chi connectivity index (χ0n) is 10.1. The van der Waals surface area contributed by atoms with Crippen LogP contribution < -0.4 is 0 Å². The highest BCUT2D eigenvalue weighted by Crippen LogP contribution is 2.45. The van der Waals surface area contributed by atoms with Crippen LogP contribution in [0.4, 0.5) is 0 Å². The zero-order valence-corrected chi connectivity index (χ0v) is 10.1.